The van der Waals surface area contributed by atoms with Crippen molar-refractivity contribution < 1.29 is 24.2 Å². The average Bonchev–Trinajstić information content (AvgIpc) is 3.23. The number of aromatic nitrogens is 1. The molecule has 0 unspecified atom stereocenters. The number of aryl methyl sites for hydroxylation is 1. The molecule has 0 saturated carbocycles. The fourth-order valence-corrected chi connectivity index (χ4v) is 3.92. The molecule has 1 heterocycles. The molecule has 0 aliphatic rings. The maximum Gasteiger partial charge on any atom is 0.338 e. The van der Waals surface area contributed by atoms with Gasteiger partial charge in [-0.15, -0.1) is 0 Å². The first-order valence-electron chi connectivity index (χ1n) is 11.1. The highest BCUT2D eigenvalue weighted by Gasteiger charge is 2.17. The number of hydrogen-bond donors (Lipinski definition) is 2. The third kappa shape index (κ3) is 5.53. The topological polar surface area (TPSA) is 97.6 Å². The standard InChI is InChI=1S/C27H23ClN2O5/c1-2-35-27(34)18-6-11-21(12-7-18)30-16-23(26(32)33)22-15-20(10-13-24(22)30)29-25(31)14-5-17-3-8-19(28)9-4-17/h3-4,6-13,15-16H,2,5,14H2,1H3,(H,29,31)(H,32,33). The average molecular weight is 491 g/mol. The van der Waals surface area contributed by atoms with E-state index in [-0.39, 0.29) is 24.5 Å². The van der Waals surface area contributed by atoms with Gasteiger partial charge in [-0.05, 0) is 73.5 Å². The predicted octanol–water partition coefficient (Wildman–Crippen LogP) is 5.73. The fourth-order valence-electron chi connectivity index (χ4n) is 3.80. The number of hydrogen-bond acceptors (Lipinski definition) is 4. The minimum atomic E-state index is -1.08. The lowest BCUT2D eigenvalue weighted by molar-refractivity contribution is -0.116. The van der Waals surface area contributed by atoms with Crippen LogP contribution in [-0.2, 0) is 16.0 Å². The van der Waals surface area contributed by atoms with E-state index in [2.05, 4.69) is 5.32 Å². The molecule has 1 amide bonds. The number of esters is 1. The quantitative estimate of drug-likeness (QED) is 0.307. The van der Waals surface area contributed by atoms with Crippen LogP contribution in [0.15, 0.2) is 72.9 Å². The van der Waals surface area contributed by atoms with Crippen LogP contribution in [0.2, 0.25) is 5.02 Å². The van der Waals surface area contributed by atoms with Gasteiger partial charge in [-0.3, -0.25) is 4.79 Å². The van der Waals surface area contributed by atoms with E-state index in [1.165, 1.54) is 6.20 Å². The number of halogens is 1. The van der Waals surface area contributed by atoms with Crippen molar-refractivity contribution in [3.8, 4) is 5.69 Å². The fraction of sp³-hybridized carbons (Fsp3) is 0.148. The maximum atomic E-state index is 12.5. The van der Waals surface area contributed by atoms with E-state index < -0.39 is 11.9 Å². The Morgan fingerprint density at radius 1 is 1.00 bits per heavy atom. The summed E-state index contributed by atoms with van der Waals surface area (Å²) in [4.78, 5) is 36.3. The zero-order valence-corrected chi connectivity index (χ0v) is 19.7. The van der Waals surface area contributed by atoms with Crippen molar-refractivity contribution in [2.75, 3.05) is 11.9 Å². The van der Waals surface area contributed by atoms with Crippen LogP contribution in [-0.4, -0.2) is 34.1 Å². The van der Waals surface area contributed by atoms with E-state index in [4.69, 9.17) is 16.3 Å². The number of carboxylic acid groups (broad SMARTS) is 1. The van der Waals surface area contributed by atoms with E-state index in [0.717, 1.165) is 5.56 Å². The minimum Gasteiger partial charge on any atom is -0.478 e. The number of carboxylic acids is 1. The number of nitrogens with zero attached hydrogens (tertiary/aromatic N) is 1. The number of carbonyl (C=O) groups excluding carboxylic acids is 2. The molecular weight excluding hydrogens is 468 g/mol. The van der Waals surface area contributed by atoms with E-state index >= 15 is 0 Å². The molecule has 0 aliphatic carbocycles. The molecule has 4 aromatic rings. The lowest BCUT2D eigenvalue weighted by Crippen LogP contribution is -2.12. The number of amides is 1. The SMILES string of the molecule is CCOC(=O)c1ccc(-n2cc(C(=O)O)c3cc(NC(=O)CCc4ccc(Cl)cc4)ccc32)cc1. The van der Waals surface area contributed by atoms with Gasteiger partial charge < -0.3 is 19.7 Å². The van der Waals surface area contributed by atoms with Gasteiger partial charge in [-0.2, -0.15) is 0 Å². The van der Waals surface area contributed by atoms with Crippen LogP contribution in [0.25, 0.3) is 16.6 Å². The third-order valence-electron chi connectivity index (χ3n) is 5.53. The molecule has 0 bridgehead atoms. The van der Waals surface area contributed by atoms with Crippen LogP contribution < -0.4 is 5.32 Å². The first-order valence-corrected chi connectivity index (χ1v) is 11.4. The van der Waals surface area contributed by atoms with Crippen LogP contribution in [0.5, 0.6) is 0 Å². The van der Waals surface area contributed by atoms with Crippen molar-refractivity contribution in [3.05, 3.63) is 94.6 Å². The molecule has 178 valence electrons. The summed E-state index contributed by atoms with van der Waals surface area (Å²) in [6, 6.07) is 19.2. The summed E-state index contributed by atoms with van der Waals surface area (Å²) in [6.07, 6.45) is 2.36. The second-order valence-corrected chi connectivity index (χ2v) is 8.33. The smallest absolute Gasteiger partial charge is 0.338 e. The molecule has 4 rings (SSSR count). The number of aromatic carboxylic acids is 1. The molecule has 0 spiro atoms. The van der Waals surface area contributed by atoms with Gasteiger partial charge in [0, 0.05) is 34.4 Å². The van der Waals surface area contributed by atoms with Gasteiger partial charge in [-0.1, -0.05) is 23.7 Å². The highest BCUT2D eigenvalue weighted by atomic mass is 35.5. The highest BCUT2D eigenvalue weighted by molar-refractivity contribution is 6.30. The van der Waals surface area contributed by atoms with Gasteiger partial charge in [0.2, 0.25) is 5.91 Å². The number of carbonyl (C=O) groups is 3. The van der Waals surface area contributed by atoms with Crippen LogP contribution in [0, 0.1) is 0 Å². The Bertz CT molecular complexity index is 1390. The molecule has 0 saturated heterocycles. The molecule has 35 heavy (non-hydrogen) atoms. The summed E-state index contributed by atoms with van der Waals surface area (Å²) in [5.74, 6) is -1.67. The zero-order chi connectivity index (χ0) is 24.9. The van der Waals surface area contributed by atoms with E-state index in [0.29, 0.717) is 39.3 Å². The largest absolute Gasteiger partial charge is 0.478 e. The van der Waals surface area contributed by atoms with Crippen molar-refractivity contribution in [1.29, 1.82) is 0 Å². The molecule has 0 radical (unpaired) electrons. The Morgan fingerprint density at radius 2 is 1.71 bits per heavy atom. The Morgan fingerprint density at radius 3 is 2.37 bits per heavy atom. The second kappa shape index (κ2) is 10.4. The van der Waals surface area contributed by atoms with Crippen LogP contribution in [0.4, 0.5) is 5.69 Å². The molecule has 8 heteroatoms. The Labute approximate surface area is 206 Å². The summed E-state index contributed by atoms with van der Waals surface area (Å²) in [7, 11) is 0. The van der Waals surface area contributed by atoms with Crippen molar-refractivity contribution in [1.82, 2.24) is 4.57 Å². The summed E-state index contributed by atoms with van der Waals surface area (Å²) in [5.41, 5.74) is 3.37. The van der Waals surface area contributed by atoms with Gasteiger partial charge in [0.25, 0.3) is 0 Å². The zero-order valence-electron chi connectivity index (χ0n) is 19.0. The van der Waals surface area contributed by atoms with Gasteiger partial charge in [0.05, 0.1) is 23.3 Å². The van der Waals surface area contributed by atoms with Gasteiger partial charge in [0.1, 0.15) is 0 Å². The monoisotopic (exact) mass is 490 g/mol. The number of benzene rings is 3. The van der Waals surface area contributed by atoms with E-state index in [9.17, 15) is 19.5 Å². The lowest BCUT2D eigenvalue weighted by Gasteiger charge is -2.09. The van der Waals surface area contributed by atoms with Gasteiger partial charge in [0.15, 0.2) is 0 Å². The van der Waals surface area contributed by atoms with Crippen molar-refractivity contribution in [2.45, 2.75) is 19.8 Å². The molecule has 0 fully saturated rings. The number of nitrogens with one attached hydrogen (secondary N) is 1. The Balaban J connectivity index is 1.56. The number of rotatable bonds is 8. The van der Waals surface area contributed by atoms with Crippen molar-refractivity contribution in [2.24, 2.45) is 0 Å². The van der Waals surface area contributed by atoms with Gasteiger partial charge >= 0.3 is 11.9 Å². The van der Waals surface area contributed by atoms with Crippen molar-refractivity contribution >= 4 is 46.0 Å². The molecule has 0 atom stereocenters. The van der Waals surface area contributed by atoms with Crippen molar-refractivity contribution in [3.63, 3.8) is 0 Å². The molecule has 1 aromatic heterocycles. The van der Waals surface area contributed by atoms with E-state index in [1.807, 2.05) is 12.1 Å². The van der Waals surface area contributed by atoms with E-state index in [1.54, 1.807) is 66.1 Å². The first-order chi connectivity index (χ1) is 16.9. The third-order valence-corrected chi connectivity index (χ3v) is 5.78. The maximum absolute atomic E-state index is 12.5. The normalized spacial score (nSPS) is 10.8. The second-order valence-electron chi connectivity index (χ2n) is 7.89. The minimum absolute atomic E-state index is 0.103. The Hall–Kier alpha value is -4.10. The lowest BCUT2D eigenvalue weighted by atomic mass is 10.1. The molecular formula is C27H23ClN2O5. The summed E-state index contributed by atoms with van der Waals surface area (Å²) < 4.78 is 6.74. The summed E-state index contributed by atoms with van der Waals surface area (Å²) >= 11 is 5.89. The predicted molar refractivity (Wildman–Crippen MR) is 135 cm³/mol. The van der Waals surface area contributed by atoms with Crippen LogP contribution in [0.3, 0.4) is 0 Å². The molecule has 2 N–H and O–H groups in total. The number of fused-ring (bicyclic) bond motifs is 1. The molecule has 3 aromatic carbocycles. The Kier molecular flexibility index (Phi) is 7.17. The van der Waals surface area contributed by atoms with Crippen LogP contribution >= 0.6 is 11.6 Å². The first kappa shape index (κ1) is 24.0. The summed E-state index contributed by atoms with van der Waals surface area (Å²) in [5, 5.41) is 13.7. The number of ether oxygens (including phenoxy) is 1. The van der Waals surface area contributed by atoms with Crippen LogP contribution in [0.1, 0.15) is 39.6 Å². The number of anilines is 1. The van der Waals surface area contributed by atoms with Gasteiger partial charge in [-0.25, -0.2) is 9.59 Å². The highest BCUT2D eigenvalue weighted by Crippen LogP contribution is 2.28. The molecule has 7 nitrogen and oxygen atoms in total. The molecule has 0 aliphatic heterocycles. The summed E-state index contributed by atoms with van der Waals surface area (Å²) in [6.45, 7) is 2.02.